The highest BCUT2D eigenvalue weighted by Gasteiger charge is 2.33. The van der Waals surface area contributed by atoms with E-state index < -0.39 is 5.60 Å². The zero-order chi connectivity index (χ0) is 24.6. The number of aromatic nitrogens is 3. The van der Waals surface area contributed by atoms with Crippen LogP contribution in [0.5, 0.6) is 0 Å². The SMILES string of the molecule is CC(C)(C)OC(=O)N1Cc2cc(Cl)ccc2-n2c(nnc2[C@H]2CC[C@H](OC3CCOCC3)CC2)C1. The summed E-state index contributed by atoms with van der Waals surface area (Å²) in [4.78, 5) is 14.6. The number of ether oxygens (including phenoxy) is 3. The van der Waals surface area contributed by atoms with Crippen LogP contribution in [-0.2, 0) is 27.3 Å². The summed E-state index contributed by atoms with van der Waals surface area (Å²) in [6, 6.07) is 5.81. The van der Waals surface area contributed by atoms with Gasteiger partial charge in [0.25, 0.3) is 0 Å². The molecular weight excluding hydrogens is 468 g/mol. The molecule has 190 valence electrons. The molecule has 0 spiro atoms. The Kier molecular flexibility index (Phi) is 7.06. The summed E-state index contributed by atoms with van der Waals surface area (Å²) in [5.41, 5.74) is 1.36. The fourth-order valence-corrected chi connectivity index (χ4v) is 5.48. The first-order chi connectivity index (χ1) is 16.8. The highest BCUT2D eigenvalue weighted by Crippen LogP contribution is 2.37. The molecule has 2 aromatic rings. The number of halogens is 1. The van der Waals surface area contributed by atoms with Crippen molar-refractivity contribution in [2.45, 2.75) is 96.1 Å². The minimum atomic E-state index is -0.579. The third-order valence-corrected chi connectivity index (χ3v) is 7.21. The van der Waals surface area contributed by atoms with Gasteiger partial charge in [-0.1, -0.05) is 11.6 Å². The molecule has 2 aliphatic heterocycles. The monoisotopic (exact) mass is 502 g/mol. The van der Waals surface area contributed by atoms with Crippen molar-refractivity contribution in [2.24, 2.45) is 0 Å². The molecule has 0 radical (unpaired) electrons. The first-order valence-electron chi connectivity index (χ1n) is 12.7. The largest absolute Gasteiger partial charge is 0.444 e. The summed E-state index contributed by atoms with van der Waals surface area (Å²) < 4.78 is 19.7. The average Bonchev–Trinajstić information content (AvgIpc) is 3.15. The number of amides is 1. The summed E-state index contributed by atoms with van der Waals surface area (Å²) in [7, 11) is 0. The van der Waals surface area contributed by atoms with Crippen LogP contribution in [0, 0.1) is 0 Å². The van der Waals surface area contributed by atoms with Gasteiger partial charge in [0.1, 0.15) is 11.4 Å². The van der Waals surface area contributed by atoms with Crippen LogP contribution in [0.15, 0.2) is 18.2 Å². The third kappa shape index (κ3) is 5.65. The second-order valence-corrected chi connectivity index (χ2v) is 11.3. The molecule has 1 aromatic heterocycles. The van der Waals surface area contributed by atoms with Gasteiger partial charge < -0.3 is 14.2 Å². The minimum absolute atomic E-state index is 0.294. The van der Waals surface area contributed by atoms with Gasteiger partial charge in [0.05, 0.1) is 31.0 Å². The fraction of sp³-hybridized carbons (Fsp3) is 0.654. The molecule has 1 aromatic carbocycles. The highest BCUT2D eigenvalue weighted by atomic mass is 35.5. The molecule has 9 heteroatoms. The Morgan fingerprint density at radius 3 is 2.46 bits per heavy atom. The predicted molar refractivity (Wildman–Crippen MR) is 132 cm³/mol. The Morgan fingerprint density at radius 1 is 1.03 bits per heavy atom. The molecule has 0 atom stereocenters. The van der Waals surface area contributed by atoms with E-state index in [2.05, 4.69) is 14.8 Å². The molecule has 1 aliphatic carbocycles. The predicted octanol–water partition coefficient (Wildman–Crippen LogP) is 5.39. The quantitative estimate of drug-likeness (QED) is 0.559. The van der Waals surface area contributed by atoms with Gasteiger partial charge in [-0.15, -0.1) is 10.2 Å². The maximum Gasteiger partial charge on any atom is 0.411 e. The number of nitrogens with zero attached hydrogens (tertiary/aromatic N) is 4. The van der Waals surface area contributed by atoms with Crippen LogP contribution >= 0.6 is 11.6 Å². The van der Waals surface area contributed by atoms with E-state index in [-0.39, 0.29) is 6.09 Å². The number of rotatable bonds is 3. The normalized spacial score (nSPS) is 23.4. The van der Waals surface area contributed by atoms with Crippen molar-refractivity contribution in [3.63, 3.8) is 0 Å². The number of carbonyl (C=O) groups is 1. The van der Waals surface area contributed by atoms with E-state index in [4.69, 9.17) is 25.8 Å². The zero-order valence-corrected chi connectivity index (χ0v) is 21.6. The van der Waals surface area contributed by atoms with Crippen molar-refractivity contribution in [3.8, 4) is 5.69 Å². The van der Waals surface area contributed by atoms with Gasteiger partial charge in [-0.25, -0.2) is 4.79 Å². The van der Waals surface area contributed by atoms with Crippen LogP contribution in [0.1, 0.15) is 82.4 Å². The van der Waals surface area contributed by atoms with E-state index >= 15 is 0 Å². The molecule has 1 amide bonds. The van der Waals surface area contributed by atoms with Crippen molar-refractivity contribution in [3.05, 3.63) is 40.4 Å². The maximum atomic E-state index is 13.0. The Hall–Kier alpha value is -2.16. The number of benzene rings is 1. The van der Waals surface area contributed by atoms with E-state index in [9.17, 15) is 4.79 Å². The Labute approximate surface area is 211 Å². The van der Waals surface area contributed by atoms with E-state index in [1.807, 2.05) is 39.0 Å². The van der Waals surface area contributed by atoms with Crippen LogP contribution in [-0.4, -0.2) is 56.8 Å². The Bertz CT molecular complexity index is 1050. The van der Waals surface area contributed by atoms with Gasteiger partial charge in [0, 0.05) is 24.2 Å². The molecule has 5 rings (SSSR count). The first-order valence-corrected chi connectivity index (χ1v) is 13.1. The lowest BCUT2D eigenvalue weighted by Crippen LogP contribution is -2.35. The van der Waals surface area contributed by atoms with Crippen LogP contribution in [0.3, 0.4) is 0 Å². The van der Waals surface area contributed by atoms with E-state index in [0.29, 0.717) is 36.2 Å². The molecule has 0 unspecified atom stereocenters. The van der Waals surface area contributed by atoms with Crippen LogP contribution in [0.25, 0.3) is 5.69 Å². The summed E-state index contributed by atoms with van der Waals surface area (Å²) in [6.45, 7) is 7.95. The smallest absolute Gasteiger partial charge is 0.411 e. The third-order valence-electron chi connectivity index (χ3n) is 6.98. The fourth-order valence-electron chi connectivity index (χ4n) is 5.29. The Morgan fingerprint density at radius 2 is 1.74 bits per heavy atom. The van der Waals surface area contributed by atoms with Gasteiger partial charge in [-0.2, -0.15) is 0 Å². The van der Waals surface area contributed by atoms with E-state index in [1.54, 1.807) is 4.90 Å². The van der Waals surface area contributed by atoms with Crippen molar-refractivity contribution in [1.29, 1.82) is 0 Å². The average molecular weight is 503 g/mol. The second-order valence-electron chi connectivity index (χ2n) is 10.8. The summed E-state index contributed by atoms with van der Waals surface area (Å²) in [6.07, 6.45) is 6.28. The summed E-state index contributed by atoms with van der Waals surface area (Å²) >= 11 is 6.35. The molecule has 1 saturated heterocycles. The van der Waals surface area contributed by atoms with Crippen molar-refractivity contribution in [1.82, 2.24) is 19.7 Å². The standard InChI is InChI=1S/C26H35ClN4O4/c1-26(2,3)35-25(32)30-15-18-14-19(27)6-9-22(18)31-23(16-30)28-29-24(31)17-4-7-20(8-5-17)34-21-10-12-33-13-11-21/h6,9,14,17,20-21H,4-5,7-8,10-13,15-16H2,1-3H3/t17-,20-. The van der Waals surface area contributed by atoms with Gasteiger partial charge in [-0.05, 0) is 83.1 Å². The van der Waals surface area contributed by atoms with Gasteiger partial charge in [0.2, 0.25) is 0 Å². The lowest BCUT2D eigenvalue weighted by molar-refractivity contribution is -0.0796. The Balaban J connectivity index is 1.37. The van der Waals surface area contributed by atoms with E-state index in [0.717, 1.165) is 74.6 Å². The number of hydrogen-bond acceptors (Lipinski definition) is 6. The van der Waals surface area contributed by atoms with Gasteiger partial charge in [0.15, 0.2) is 5.82 Å². The first kappa shape index (κ1) is 24.5. The number of hydrogen-bond donors (Lipinski definition) is 0. The maximum absolute atomic E-state index is 13.0. The van der Waals surface area contributed by atoms with Gasteiger partial charge in [-0.3, -0.25) is 9.47 Å². The lowest BCUT2D eigenvalue weighted by Gasteiger charge is -2.32. The molecule has 8 nitrogen and oxygen atoms in total. The van der Waals surface area contributed by atoms with Crippen LogP contribution < -0.4 is 0 Å². The minimum Gasteiger partial charge on any atom is -0.444 e. The van der Waals surface area contributed by atoms with Crippen LogP contribution in [0.2, 0.25) is 5.02 Å². The molecule has 35 heavy (non-hydrogen) atoms. The van der Waals surface area contributed by atoms with Crippen molar-refractivity contribution < 1.29 is 19.0 Å². The van der Waals surface area contributed by atoms with Crippen molar-refractivity contribution >= 4 is 17.7 Å². The zero-order valence-electron chi connectivity index (χ0n) is 20.8. The topological polar surface area (TPSA) is 78.7 Å². The summed E-state index contributed by atoms with van der Waals surface area (Å²) in [5, 5.41) is 9.81. The molecule has 3 aliphatic rings. The van der Waals surface area contributed by atoms with E-state index in [1.165, 1.54) is 0 Å². The molecule has 3 heterocycles. The van der Waals surface area contributed by atoms with Crippen LogP contribution in [0.4, 0.5) is 4.79 Å². The molecular formula is C26H35ClN4O4. The molecule has 2 fully saturated rings. The molecule has 0 bridgehead atoms. The molecule has 1 saturated carbocycles. The second kappa shape index (κ2) is 10.1. The number of fused-ring (bicyclic) bond motifs is 3. The number of carbonyl (C=O) groups excluding carboxylic acids is 1. The molecule has 0 N–H and O–H groups in total. The summed E-state index contributed by atoms with van der Waals surface area (Å²) in [5.74, 6) is 1.99. The van der Waals surface area contributed by atoms with Crippen molar-refractivity contribution in [2.75, 3.05) is 13.2 Å². The lowest BCUT2D eigenvalue weighted by atomic mass is 9.86. The highest BCUT2D eigenvalue weighted by molar-refractivity contribution is 6.30. The van der Waals surface area contributed by atoms with Gasteiger partial charge >= 0.3 is 6.09 Å².